The van der Waals surface area contributed by atoms with Crippen molar-refractivity contribution in [1.29, 1.82) is 0 Å². The van der Waals surface area contributed by atoms with E-state index in [4.69, 9.17) is 4.84 Å². The first-order valence-electron chi connectivity index (χ1n) is 18.8. The van der Waals surface area contributed by atoms with Crippen molar-refractivity contribution in [3.63, 3.8) is 0 Å². The van der Waals surface area contributed by atoms with Crippen LogP contribution in [0, 0.1) is 6.92 Å². The minimum atomic E-state index is -0.494. The second-order valence-corrected chi connectivity index (χ2v) is 14.0. The molecule has 8 aromatic carbocycles. The summed E-state index contributed by atoms with van der Waals surface area (Å²) in [6.07, 6.45) is 0. The van der Waals surface area contributed by atoms with Crippen LogP contribution in [0.15, 0.2) is 172 Å². The minimum absolute atomic E-state index is 0.0466. The van der Waals surface area contributed by atoms with Crippen molar-refractivity contribution in [3.05, 3.63) is 179 Å². The number of nitrogens with zero attached hydrogens (tertiary/aromatic N) is 4. The van der Waals surface area contributed by atoms with E-state index in [1.165, 1.54) is 0 Å². The molecule has 59 heavy (non-hydrogen) atoms. The fourth-order valence-electron chi connectivity index (χ4n) is 7.17. The van der Waals surface area contributed by atoms with Gasteiger partial charge in [-0.1, -0.05) is 97.1 Å². The highest BCUT2D eigenvalue weighted by Gasteiger charge is 2.27. The van der Waals surface area contributed by atoms with E-state index in [2.05, 4.69) is 31.3 Å². The van der Waals surface area contributed by atoms with Crippen LogP contribution in [0.1, 0.15) is 37.4 Å². The van der Waals surface area contributed by atoms with Gasteiger partial charge in [-0.25, -0.2) is 0 Å². The number of hydrogen-bond donors (Lipinski definition) is 4. The molecule has 0 aliphatic heterocycles. The number of ketones is 1. The molecule has 286 valence electrons. The summed E-state index contributed by atoms with van der Waals surface area (Å²) >= 11 is 0. The molecule has 8 aromatic rings. The first kappa shape index (κ1) is 36.6. The van der Waals surface area contributed by atoms with Gasteiger partial charge in [-0.15, -0.1) is 10.2 Å². The van der Waals surface area contributed by atoms with Gasteiger partial charge in [0.15, 0.2) is 11.5 Å². The monoisotopic (exact) mass is 774 g/mol. The first-order chi connectivity index (χ1) is 28.8. The SMILES string of the molecule is Cc1ccccc1NOCc1cc2ccccc2c(N=Nc2ccc3c(c2)C(=O)c2cc(N=Nc4c(O)c(C(=O)Nc5ccccc5)cc5ccccc45)ccc2-3)c1O. The molecule has 0 aromatic heterocycles. The van der Waals surface area contributed by atoms with Crippen LogP contribution in [-0.4, -0.2) is 21.9 Å². The molecular weight excluding hydrogens is 741 g/mol. The molecule has 11 heteroatoms. The zero-order valence-electron chi connectivity index (χ0n) is 31.5. The lowest BCUT2D eigenvalue weighted by atomic mass is 10.0. The zero-order valence-corrected chi connectivity index (χ0v) is 31.5. The molecule has 11 nitrogen and oxygen atoms in total. The summed E-state index contributed by atoms with van der Waals surface area (Å²) in [6, 6.07) is 45.5. The molecule has 1 amide bonds. The predicted octanol–water partition coefficient (Wildman–Crippen LogP) is 12.6. The molecule has 4 N–H and O–H groups in total. The normalized spacial score (nSPS) is 12.1. The molecule has 0 unspecified atom stereocenters. The van der Waals surface area contributed by atoms with Gasteiger partial charge in [0.2, 0.25) is 0 Å². The van der Waals surface area contributed by atoms with Gasteiger partial charge >= 0.3 is 0 Å². The van der Waals surface area contributed by atoms with E-state index in [-0.39, 0.29) is 40.8 Å². The van der Waals surface area contributed by atoms with Crippen LogP contribution in [0.3, 0.4) is 0 Å². The van der Waals surface area contributed by atoms with Crippen molar-refractivity contribution in [2.75, 3.05) is 10.8 Å². The molecule has 0 saturated carbocycles. The quantitative estimate of drug-likeness (QED) is 0.0800. The number of phenols is 2. The predicted molar refractivity (Wildman–Crippen MR) is 229 cm³/mol. The number of aromatic hydroxyl groups is 2. The van der Waals surface area contributed by atoms with Crippen molar-refractivity contribution in [2.45, 2.75) is 13.5 Å². The number of rotatable bonds is 10. The average Bonchev–Trinajstić information content (AvgIpc) is 3.53. The van der Waals surface area contributed by atoms with Crippen molar-refractivity contribution < 1.29 is 24.6 Å². The highest BCUT2D eigenvalue weighted by molar-refractivity contribution is 6.22. The Morgan fingerprint density at radius 2 is 1.15 bits per heavy atom. The summed E-state index contributed by atoms with van der Waals surface area (Å²) in [6.45, 7) is 2.04. The summed E-state index contributed by atoms with van der Waals surface area (Å²) in [7, 11) is 0. The second kappa shape index (κ2) is 15.5. The molecular formula is C48H34N6O5. The number of azo groups is 2. The van der Waals surface area contributed by atoms with Crippen LogP contribution in [0.5, 0.6) is 11.5 Å². The van der Waals surface area contributed by atoms with E-state index in [0.717, 1.165) is 27.8 Å². The Bertz CT molecular complexity index is 3040. The summed E-state index contributed by atoms with van der Waals surface area (Å²) in [5.41, 5.74) is 9.52. The third-order valence-electron chi connectivity index (χ3n) is 10.2. The fraction of sp³-hybridized carbons (Fsp3) is 0.0417. The van der Waals surface area contributed by atoms with Gasteiger partial charge in [0.25, 0.3) is 5.91 Å². The Morgan fingerprint density at radius 1 is 0.593 bits per heavy atom. The molecule has 0 bridgehead atoms. The Labute approximate surface area is 338 Å². The molecule has 0 saturated heterocycles. The van der Waals surface area contributed by atoms with Gasteiger partial charge in [0, 0.05) is 33.2 Å². The smallest absolute Gasteiger partial charge is 0.259 e. The van der Waals surface area contributed by atoms with Crippen LogP contribution in [0.25, 0.3) is 32.7 Å². The Balaban J connectivity index is 0.971. The minimum Gasteiger partial charge on any atom is -0.505 e. The molecule has 1 aliphatic carbocycles. The molecule has 0 fully saturated rings. The van der Waals surface area contributed by atoms with E-state index in [9.17, 15) is 19.8 Å². The van der Waals surface area contributed by atoms with Crippen LogP contribution < -0.4 is 10.8 Å². The van der Waals surface area contributed by atoms with E-state index < -0.39 is 5.91 Å². The third kappa shape index (κ3) is 7.14. The maximum Gasteiger partial charge on any atom is 0.259 e. The number of aryl methyl sites for hydroxylation is 1. The van der Waals surface area contributed by atoms with Crippen LogP contribution >= 0.6 is 0 Å². The maximum atomic E-state index is 13.8. The summed E-state index contributed by atoms with van der Waals surface area (Å²) in [5.74, 6) is -1.09. The molecule has 0 spiro atoms. The van der Waals surface area contributed by atoms with Crippen molar-refractivity contribution in [2.24, 2.45) is 20.5 Å². The fourth-order valence-corrected chi connectivity index (χ4v) is 7.17. The molecule has 0 radical (unpaired) electrons. The van der Waals surface area contributed by atoms with Gasteiger partial charge in [-0.05, 0) is 89.0 Å². The third-order valence-corrected chi connectivity index (χ3v) is 10.2. The van der Waals surface area contributed by atoms with E-state index in [1.807, 2.05) is 97.9 Å². The zero-order chi connectivity index (χ0) is 40.5. The van der Waals surface area contributed by atoms with Gasteiger partial charge in [0.1, 0.15) is 23.7 Å². The van der Waals surface area contributed by atoms with Crippen LogP contribution in [0.4, 0.5) is 34.1 Å². The van der Waals surface area contributed by atoms with Crippen molar-refractivity contribution >= 4 is 67.4 Å². The molecule has 0 heterocycles. The Morgan fingerprint density at radius 3 is 1.80 bits per heavy atom. The van der Waals surface area contributed by atoms with Crippen molar-refractivity contribution in [3.8, 4) is 22.6 Å². The second-order valence-electron chi connectivity index (χ2n) is 14.0. The van der Waals surface area contributed by atoms with E-state index in [0.29, 0.717) is 49.9 Å². The number of para-hydroxylation sites is 2. The molecule has 0 atom stereocenters. The van der Waals surface area contributed by atoms with Gasteiger partial charge in [0.05, 0.1) is 22.6 Å². The van der Waals surface area contributed by atoms with E-state index >= 15 is 0 Å². The maximum absolute atomic E-state index is 13.8. The number of carbonyl (C=O) groups excluding carboxylic acids is 2. The number of benzene rings is 8. The first-order valence-corrected chi connectivity index (χ1v) is 18.8. The largest absolute Gasteiger partial charge is 0.505 e. The Hall–Kier alpha value is -8.02. The number of phenolic OH excluding ortho intramolecular Hbond substituents is 2. The van der Waals surface area contributed by atoms with Crippen LogP contribution in [-0.2, 0) is 11.4 Å². The highest BCUT2D eigenvalue weighted by atomic mass is 16.6. The van der Waals surface area contributed by atoms with E-state index in [1.54, 1.807) is 60.7 Å². The Kier molecular flexibility index (Phi) is 9.61. The van der Waals surface area contributed by atoms with Gasteiger partial charge in [-0.3, -0.25) is 19.9 Å². The summed E-state index contributed by atoms with van der Waals surface area (Å²) in [5, 5.41) is 46.2. The standard InChI is InChI=1S/C48H34N6O5/c1-28-11-5-10-18-42(28)54-59-27-31-23-29-12-6-8-16-35(29)43(45(31)55)52-50-33-19-21-37-38-22-20-34(26-40(38)46(56)39(37)25-33)51-53-44-36-17-9-7-13-30(36)24-41(47(44)57)48(58)49-32-14-3-2-4-15-32/h2-26,54-55,57H,27H2,1H3,(H,49,58). The summed E-state index contributed by atoms with van der Waals surface area (Å²) in [4.78, 5) is 32.9. The lowest BCUT2D eigenvalue weighted by Crippen LogP contribution is -2.12. The molecule has 9 rings (SSSR count). The van der Waals surface area contributed by atoms with Crippen LogP contribution in [0.2, 0.25) is 0 Å². The number of anilines is 2. The number of nitrogens with one attached hydrogen (secondary N) is 2. The molecule has 1 aliphatic rings. The van der Waals surface area contributed by atoms with Gasteiger partial charge in [-0.2, -0.15) is 10.2 Å². The number of carbonyl (C=O) groups is 2. The average molecular weight is 775 g/mol. The number of amides is 1. The van der Waals surface area contributed by atoms with Crippen molar-refractivity contribution in [1.82, 2.24) is 0 Å². The highest BCUT2D eigenvalue weighted by Crippen LogP contribution is 2.44. The summed E-state index contributed by atoms with van der Waals surface area (Å²) < 4.78 is 0. The lowest BCUT2D eigenvalue weighted by Gasteiger charge is -2.13. The topological polar surface area (TPSA) is 157 Å². The lowest BCUT2D eigenvalue weighted by molar-refractivity contribution is 0.102. The number of fused-ring (bicyclic) bond motifs is 5. The number of hydrogen-bond acceptors (Lipinski definition) is 10. The van der Waals surface area contributed by atoms with Gasteiger partial charge < -0.3 is 15.5 Å².